The number of aromatic nitrogens is 4. The zero-order valence-electron chi connectivity index (χ0n) is 15.0. The summed E-state index contributed by atoms with van der Waals surface area (Å²) in [7, 11) is 4.23. The molecule has 27 heavy (non-hydrogen) atoms. The van der Waals surface area contributed by atoms with Crippen LogP contribution in [0.2, 0.25) is 0 Å². The maximum atomic E-state index is 12.8. The molecule has 0 aliphatic heterocycles. The summed E-state index contributed by atoms with van der Waals surface area (Å²) in [6, 6.07) is 6.96. The molecule has 2 heterocycles. The summed E-state index contributed by atoms with van der Waals surface area (Å²) in [5.74, 6) is -0.643. The molecule has 3 amide bonds. The van der Waals surface area contributed by atoms with Crippen molar-refractivity contribution in [2.75, 3.05) is 7.05 Å². The van der Waals surface area contributed by atoms with E-state index in [0.29, 0.717) is 5.56 Å². The third-order valence-corrected chi connectivity index (χ3v) is 4.28. The Bertz CT molecular complexity index is 1140. The van der Waals surface area contributed by atoms with Crippen molar-refractivity contribution in [3.05, 3.63) is 63.1 Å². The normalized spacial score (nSPS) is 12.0. The Morgan fingerprint density at radius 3 is 2.37 bits per heavy atom. The standard InChI is InChI=1S/C17H18N6O4/c1-18-16(26)20-14(24)11(10-7-5-4-6-8-10)23-9-19-13-12(23)15(25)22(3)17(27)21(13)2/h4-9,11H,1-3H3,(H2,18,20,24,26)/t11-/m1/s1. The number of rotatable bonds is 3. The Kier molecular flexibility index (Phi) is 4.63. The third kappa shape index (κ3) is 3.01. The molecule has 0 aliphatic rings. The van der Waals surface area contributed by atoms with E-state index in [1.807, 2.05) is 0 Å². The minimum Gasteiger partial charge on any atom is -0.341 e. The molecule has 3 rings (SSSR count). The first-order valence-electron chi connectivity index (χ1n) is 8.07. The van der Waals surface area contributed by atoms with E-state index < -0.39 is 29.2 Å². The lowest BCUT2D eigenvalue weighted by atomic mass is 10.1. The molecule has 1 atom stereocenters. The Hall–Kier alpha value is -3.69. The fourth-order valence-electron chi connectivity index (χ4n) is 2.88. The molecule has 10 nitrogen and oxygen atoms in total. The number of fused-ring (bicyclic) bond motifs is 1. The zero-order chi connectivity index (χ0) is 19.7. The lowest BCUT2D eigenvalue weighted by Gasteiger charge is -2.19. The number of aryl methyl sites for hydroxylation is 1. The summed E-state index contributed by atoms with van der Waals surface area (Å²) in [5.41, 5.74) is -0.325. The lowest BCUT2D eigenvalue weighted by molar-refractivity contribution is -0.122. The lowest BCUT2D eigenvalue weighted by Crippen LogP contribution is -2.43. The van der Waals surface area contributed by atoms with Crippen LogP contribution in [0.3, 0.4) is 0 Å². The first kappa shape index (κ1) is 18.1. The molecular weight excluding hydrogens is 352 g/mol. The number of carbonyl (C=O) groups excluding carboxylic acids is 2. The van der Waals surface area contributed by atoms with Gasteiger partial charge in [-0.25, -0.2) is 14.6 Å². The maximum Gasteiger partial charge on any atom is 0.332 e. The zero-order valence-corrected chi connectivity index (χ0v) is 15.0. The van der Waals surface area contributed by atoms with E-state index in [9.17, 15) is 19.2 Å². The van der Waals surface area contributed by atoms with Crippen LogP contribution in [0, 0.1) is 0 Å². The summed E-state index contributed by atoms with van der Waals surface area (Å²) in [6.07, 6.45) is 1.31. The molecule has 0 fully saturated rings. The first-order chi connectivity index (χ1) is 12.9. The van der Waals surface area contributed by atoms with Gasteiger partial charge in [0.15, 0.2) is 11.2 Å². The molecule has 0 aliphatic carbocycles. The monoisotopic (exact) mass is 370 g/mol. The first-order valence-corrected chi connectivity index (χ1v) is 8.07. The van der Waals surface area contributed by atoms with E-state index in [2.05, 4.69) is 15.6 Å². The van der Waals surface area contributed by atoms with Crippen molar-refractivity contribution in [1.29, 1.82) is 0 Å². The van der Waals surface area contributed by atoms with E-state index in [4.69, 9.17) is 0 Å². The van der Waals surface area contributed by atoms with Gasteiger partial charge in [0.05, 0.1) is 6.33 Å². The Balaban J connectivity index is 2.28. The van der Waals surface area contributed by atoms with Crippen LogP contribution in [-0.2, 0) is 18.9 Å². The van der Waals surface area contributed by atoms with Gasteiger partial charge in [0, 0.05) is 21.1 Å². The van der Waals surface area contributed by atoms with Crippen molar-refractivity contribution in [2.24, 2.45) is 14.1 Å². The molecule has 2 N–H and O–H groups in total. The van der Waals surface area contributed by atoms with Crippen LogP contribution in [0.4, 0.5) is 4.79 Å². The van der Waals surface area contributed by atoms with Crippen LogP contribution in [0.1, 0.15) is 11.6 Å². The second kappa shape index (κ2) is 6.90. The largest absolute Gasteiger partial charge is 0.341 e. The summed E-state index contributed by atoms with van der Waals surface area (Å²) in [4.78, 5) is 53.4. The Morgan fingerprint density at radius 1 is 1.07 bits per heavy atom. The highest BCUT2D eigenvalue weighted by Gasteiger charge is 2.27. The smallest absolute Gasteiger partial charge is 0.332 e. The van der Waals surface area contributed by atoms with Crippen molar-refractivity contribution in [3.63, 3.8) is 0 Å². The van der Waals surface area contributed by atoms with Gasteiger partial charge in [-0.05, 0) is 5.56 Å². The molecule has 0 bridgehead atoms. The maximum absolute atomic E-state index is 12.8. The van der Waals surface area contributed by atoms with Crippen LogP contribution in [0.25, 0.3) is 11.2 Å². The Labute approximate surface area is 153 Å². The van der Waals surface area contributed by atoms with Gasteiger partial charge in [-0.15, -0.1) is 0 Å². The van der Waals surface area contributed by atoms with Gasteiger partial charge in [-0.1, -0.05) is 30.3 Å². The van der Waals surface area contributed by atoms with Crippen LogP contribution < -0.4 is 21.9 Å². The van der Waals surface area contributed by atoms with Crippen LogP contribution in [-0.4, -0.2) is 37.7 Å². The van der Waals surface area contributed by atoms with Gasteiger partial charge in [0.2, 0.25) is 0 Å². The molecule has 0 spiro atoms. The van der Waals surface area contributed by atoms with Gasteiger partial charge in [-0.2, -0.15) is 0 Å². The van der Waals surface area contributed by atoms with Gasteiger partial charge in [0.25, 0.3) is 11.5 Å². The van der Waals surface area contributed by atoms with Gasteiger partial charge < -0.3 is 9.88 Å². The van der Waals surface area contributed by atoms with Crippen molar-refractivity contribution in [2.45, 2.75) is 6.04 Å². The number of nitrogens with one attached hydrogen (secondary N) is 2. The number of amides is 3. The Morgan fingerprint density at radius 2 is 1.74 bits per heavy atom. The van der Waals surface area contributed by atoms with Crippen molar-refractivity contribution >= 4 is 23.1 Å². The number of hydrogen-bond donors (Lipinski definition) is 2. The molecule has 0 unspecified atom stereocenters. The van der Waals surface area contributed by atoms with E-state index in [1.54, 1.807) is 30.3 Å². The van der Waals surface area contributed by atoms with Gasteiger partial charge in [-0.3, -0.25) is 24.0 Å². The van der Waals surface area contributed by atoms with Crippen molar-refractivity contribution in [1.82, 2.24) is 29.3 Å². The number of carbonyl (C=O) groups is 2. The molecule has 140 valence electrons. The molecule has 3 aromatic rings. The van der Waals surface area contributed by atoms with Crippen molar-refractivity contribution < 1.29 is 9.59 Å². The third-order valence-electron chi connectivity index (χ3n) is 4.28. The average molecular weight is 370 g/mol. The van der Waals surface area contributed by atoms with Crippen molar-refractivity contribution in [3.8, 4) is 0 Å². The fourth-order valence-corrected chi connectivity index (χ4v) is 2.88. The second-order valence-corrected chi connectivity index (χ2v) is 5.91. The van der Waals surface area contributed by atoms with Crippen LogP contribution in [0.15, 0.2) is 46.2 Å². The molecule has 2 aromatic heterocycles. The quantitative estimate of drug-likeness (QED) is 0.643. The summed E-state index contributed by atoms with van der Waals surface area (Å²) in [5, 5.41) is 4.54. The highest BCUT2D eigenvalue weighted by molar-refractivity contribution is 5.98. The number of hydrogen-bond acceptors (Lipinski definition) is 5. The molecular formula is C17H18N6O4. The molecule has 0 saturated carbocycles. The number of imidazole rings is 1. The predicted octanol–water partition coefficient (Wildman–Crippen LogP) is -0.521. The molecule has 0 radical (unpaired) electrons. The molecule has 10 heteroatoms. The summed E-state index contributed by atoms with van der Waals surface area (Å²) in [6.45, 7) is 0. The summed E-state index contributed by atoms with van der Waals surface area (Å²) < 4.78 is 3.54. The fraction of sp³-hybridized carbons (Fsp3) is 0.235. The highest BCUT2D eigenvalue weighted by Crippen LogP contribution is 2.22. The molecule has 1 aromatic carbocycles. The topological polar surface area (TPSA) is 120 Å². The van der Waals surface area contributed by atoms with E-state index in [1.165, 1.54) is 36.6 Å². The van der Waals surface area contributed by atoms with Gasteiger partial charge in [0.1, 0.15) is 6.04 Å². The highest BCUT2D eigenvalue weighted by atomic mass is 16.2. The minimum absolute atomic E-state index is 0.0838. The van der Waals surface area contributed by atoms with Crippen LogP contribution >= 0.6 is 0 Å². The molecule has 0 saturated heterocycles. The van der Waals surface area contributed by atoms with E-state index in [0.717, 1.165) is 4.57 Å². The summed E-state index contributed by atoms with van der Waals surface area (Å²) >= 11 is 0. The van der Waals surface area contributed by atoms with Crippen LogP contribution in [0.5, 0.6) is 0 Å². The number of nitrogens with zero attached hydrogens (tertiary/aromatic N) is 4. The SMILES string of the molecule is CNC(=O)NC(=O)[C@@H](c1ccccc1)n1cnc2c1c(=O)n(C)c(=O)n2C. The average Bonchev–Trinajstić information content (AvgIpc) is 3.10. The second-order valence-electron chi connectivity index (χ2n) is 5.91. The van der Waals surface area contributed by atoms with E-state index in [-0.39, 0.29) is 11.2 Å². The predicted molar refractivity (Wildman–Crippen MR) is 97.4 cm³/mol. The number of urea groups is 1. The number of imide groups is 1. The minimum atomic E-state index is -1.03. The van der Waals surface area contributed by atoms with Gasteiger partial charge >= 0.3 is 11.7 Å². The van der Waals surface area contributed by atoms with E-state index >= 15 is 0 Å². The number of benzene rings is 1.